The maximum atomic E-state index is 12.8. The van der Waals surface area contributed by atoms with E-state index in [1.807, 2.05) is 0 Å². The van der Waals surface area contributed by atoms with Crippen LogP contribution in [0.2, 0.25) is 0 Å². The minimum absolute atomic E-state index is 0.00314. The molecule has 0 saturated heterocycles. The average Bonchev–Trinajstić information content (AvgIpc) is 2.65. The van der Waals surface area contributed by atoms with Crippen LogP contribution in [0.5, 0.6) is 0 Å². The first-order valence-corrected chi connectivity index (χ1v) is 12.1. The van der Waals surface area contributed by atoms with E-state index in [4.69, 9.17) is 0 Å². The third kappa shape index (κ3) is 4.08. The average molecular weight is 428 g/mol. The molecule has 1 aromatic carbocycles. The summed E-state index contributed by atoms with van der Waals surface area (Å²) in [5, 5.41) is 3.11. The number of benzene rings is 1. The van der Waals surface area contributed by atoms with Crippen LogP contribution in [-0.4, -0.2) is 43.9 Å². The number of hydrogen-bond donors (Lipinski definition) is 1. The zero-order valence-corrected chi connectivity index (χ0v) is 18.6. The Morgan fingerprint density at radius 3 is 2.47 bits per heavy atom. The highest BCUT2D eigenvalue weighted by Crippen LogP contribution is 2.43. The van der Waals surface area contributed by atoms with E-state index in [1.165, 1.54) is 17.5 Å². The van der Waals surface area contributed by atoms with Crippen molar-refractivity contribution in [2.24, 2.45) is 4.40 Å². The predicted molar refractivity (Wildman–Crippen MR) is 119 cm³/mol. The number of fused-ring (bicyclic) bond motifs is 1. The van der Waals surface area contributed by atoms with Crippen LogP contribution in [0.3, 0.4) is 0 Å². The Morgan fingerprint density at radius 2 is 1.87 bits per heavy atom. The Balaban J connectivity index is 1.44. The molecule has 2 aliphatic heterocycles. The normalized spacial score (nSPS) is 21.8. The van der Waals surface area contributed by atoms with Gasteiger partial charge in [0.15, 0.2) is 0 Å². The molecule has 0 atom stereocenters. The number of carbonyl (C=O) groups excluding carboxylic acids is 1. The van der Waals surface area contributed by atoms with Crippen LogP contribution in [0.4, 0.5) is 0 Å². The molecule has 30 heavy (non-hydrogen) atoms. The zero-order valence-electron chi connectivity index (χ0n) is 17.8. The molecule has 7 heteroatoms. The summed E-state index contributed by atoms with van der Waals surface area (Å²) in [4.78, 5) is 14.5. The van der Waals surface area contributed by atoms with Crippen molar-refractivity contribution in [1.82, 2.24) is 10.2 Å². The van der Waals surface area contributed by atoms with E-state index in [0.29, 0.717) is 24.5 Å². The minimum atomic E-state index is -3.39. The van der Waals surface area contributed by atoms with Gasteiger partial charge in [-0.15, -0.1) is 4.40 Å². The molecule has 1 aromatic rings. The monoisotopic (exact) mass is 427 g/mol. The van der Waals surface area contributed by atoms with E-state index >= 15 is 0 Å². The van der Waals surface area contributed by atoms with Crippen molar-refractivity contribution in [2.75, 3.05) is 18.8 Å². The first-order chi connectivity index (χ1) is 14.1. The van der Waals surface area contributed by atoms with Gasteiger partial charge in [0.2, 0.25) is 0 Å². The molecule has 1 fully saturated rings. The third-order valence-corrected chi connectivity index (χ3v) is 7.51. The van der Waals surface area contributed by atoms with Crippen LogP contribution in [-0.2, 0) is 25.6 Å². The lowest BCUT2D eigenvalue weighted by Crippen LogP contribution is -2.46. The van der Waals surface area contributed by atoms with Gasteiger partial charge in [0, 0.05) is 24.7 Å². The summed E-state index contributed by atoms with van der Waals surface area (Å²) in [5.41, 5.74) is 3.23. The van der Waals surface area contributed by atoms with E-state index in [1.54, 1.807) is 23.3 Å². The SMILES string of the molecule is CC(C)(C)c1ccc(C2(CNC(=O)C3=CN4CCS(=O)(=O)N=C4C=C3)CCC2)cc1. The van der Waals surface area contributed by atoms with Crippen LogP contribution in [0.1, 0.15) is 51.2 Å². The number of nitrogens with zero attached hydrogens (tertiary/aromatic N) is 2. The topological polar surface area (TPSA) is 78.8 Å². The number of hydrogen-bond acceptors (Lipinski definition) is 4. The van der Waals surface area contributed by atoms with Gasteiger partial charge in [-0.3, -0.25) is 4.79 Å². The number of carbonyl (C=O) groups is 1. The highest BCUT2D eigenvalue weighted by molar-refractivity contribution is 7.90. The molecule has 0 bridgehead atoms. The minimum Gasteiger partial charge on any atom is -0.351 e. The molecular formula is C23H29N3O3S. The standard InChI is InChI=1S/C23H29N3O3S/c1-22(2,3)18-6-8-19(9-7-18)23(11-4-12-23)16-24-21(27)17-5-10-20-25-30(28,29)14-13-26(20)15-17/h5-10,15H,4,11-14,16H2,1-3H3,(H,24,27). The van der Waals surface area contributed by atoms with Crippen LogP contribution in [0, 0.1) is 0 Å². The molecule has 6 nitrogen and oxygen atoms in total. The molecule has 0 aromatic heterocycles. The van der Waals surface area contributed by atoms with Gasteiger partial charge < -0.3 is 10.2 Å². The predicted octanol–water partition coefficient (Wildman–Crippen LogP) is 3.02. The number of rotatable bonds is 4. The second-order valence-corrected chi connectivity index (χ2v) is 11.2. The lowest BCUT2D eigenvalue weighted by atomic mass is 9.64. The maximum Gasteiger partial charge on any atom is 0.256 e. The number of amidine groups is 1. The summed E-state index contributed by atoms with van der Waals surface area (Å²) >= 11 is 0. The molecule has 1 aliphatic carbocycles. The molecule has 0 unspecified atom stereocenters. The molecule has 3 aliphatic rings. The van der Waals surface area contributed by atoms with Crippen molar-refractivity contribution in [3.05, 3.63) is 59.3 Å². The lowest BCUT2D eigenvalue weighted by Gasteiger charge is -2.43. The van der Waals surface area contributed by atoms with Crippen molar-refractivity contribution in [3.63, 3.8) is 0 Å². The van der Waals surface area contributed by atoms with E-state index in [2.05, 4.69) is 54.8 Å². The van der Waals surface area contributed by atoms with Crippen molar-refractivity contribution in [3.8, 4) is 0 Å². The Morgan fingerprint density at radius 1 is 1.17 bits per heavy atom. The molecule has 4 rings (SSSR count). The molecular weight excluding hydrogens is 398 g/mol. The summed E-state index contributed by atoms with van der Waals surface area (Å²) in [6.45, 7) is 7.54. The number of sulfonamides is 1. The number of nitrogens with one attached hydrogen (secondary N) is 1. The highest BCUT2D eigenvalue weighted by atomic mass is 32.2. The van der Waals surface area contributed by atoms with Crippen molar-refractivity contribution < 1.29 is 13.2 Å². The fourth-order valence-electron chi connectivity index (χ4n) is 4.18. The van der Waals surface area contributed by atoms with Crippen molar-refractivity contribution in [2.45, 2.75) is 50.9 Å². The molecule has 160 valence electrons. The van der Waals surface area contributed by atoms with Gasteiger partial charge in [0.05, 0.1) is 11.3 Å². The van der Waals surface area contributed by atoms with Crippen LogP contribution in [0.25, 0.3) is 0 Å². The first kappa shape index (κ1) is 20.8. The summed E-state index contributed by atoms with van der Waals surface area (Å²) in [5.74, 6) is 0.187. The molecule has 2 heterocycles. The first-order valence-electron chi connectivity index (χ1n) is 10.5. The van der Waals surface area contributed by atoms with E-state index < -0.39 is 10.0 Å². The van der Waals surface area contributed by atoms with Crippen LogP contribution in [0.15, 0.2) is 52.6 Å². The second-order valence-electron chi connectivity index (χ2n) is 9.49. The maximum absolute atomic E-state index is 12.8. The van der Waals surface area contributed by atoms with Crippen molar-refractivity contribution >= 4 is 21.8 Å². The fourth-order valence-corrected chi connectivity index (χ4v) is 5.15. The van der Waals surface area contributed by atoms with Crippen molar-refractivity contribution in [1.29, 1.82) is 0 Å². The lowest BCUT2D eigenvalue weighted by molar-refractivity contribution is -0.117. The van der Waals surface area contributed by atoms with Gasteiger partial charge in [0.1, 0.15) is 5.84 Å². The Kier molecular flexibility index (Phi) is 5.12. The summed E-state index contributed by atoms with van der Waals surface area (Å²) in [7, 11) is -3.39. The number of amides is 1. The molecule has 1 amide bonds. The van der Waals surface area contributed by atoms with E-state index in [0.717, 1.165) is 12.8 Å². The molecule has 0 radical (unpaired) electrons. The second kappa shape index (κ2) is 7.38. The summed E-state index contributed by atoms with van der Waals surface area (Å²) < 4.78 is 27.0. The van der Waals surface area contributed by atoms with Crippen LogP contribution < -0.4 is 5.32 Å². The van der Waals surface area contributed by atoms with Crippen LogP contribution >= 0.6 is 0 Å². The quantitative estimate of drug-likeness (QED) is 0.801. The Hall–Kier alpha value is -2.41. The Bertz CT molecular complexity index is 1040. The zero-order chi connectivity index (χ0) is 21.6. The highest BCUT2D eigenvalue weighted by Gasteiger charge is 2.39. The molecule has 1 saturated carbocycles. The third-order valence-electron chi connectivity index (χ3n) is 6.35. The molecule has 0 spiro atoms. The summed E-state index contributed by atoms with van der Waals surface area (Å²) in [6, 6.07) is 8.83. The van der Waals surface area contributed by atoms with Gasteiger partial charge in [0.25, 0.3) is 15.9 Å². The van der Waals surface area contributed by atoms with Gasteiger partial charge in [-0.05, 0) is 41.5 Å². The van der Waals surface area contributed by atoms with E-state index in [9.17, 15) is 13.2 Å². The van der Waals surface area contributed by atoms with Gasteiger partial charge in [-0.2, -0.15) is 0 Å². The fraction of sp³-hybridized carbons (Fsp3) is 0.478. The summed E-state index contributed by atoms with van der Waals surface area (Å²) in [6.07, 6.45) is 8.22. The Labute approximate surface area is 178 Å². The smallest absolute Gasteiger partial charge is 0.256 e. The molecule has 1 N–H and O–H groups in total. The van der Waals surface area contributed by atoms with E-state index in [-0.39, 0.29) is 22.5 Å². The van der Waals surface area contributed by atoms with Gasteiger partial charge >= 0.3 is 0 Å². The largest absolute Gasteiger partial charge is 0.351 e. The van der Waals surface area contributed by atoms with Gasteiger partial charge in [-0.25, -0.2) is 8.42 Å². The van der Waals surface area contributed by atoms with Gasteiger partial charge in [-0.1, -0.05) is 51.5 Å².